The van der Waals surface area contributed by atoms with Crippen LogP contribution in [0.15, 0.2) is 12.4 Å². The summed E-state index contributed by atoms with van der Waals surface area (Å²) in [6.45, 7) is 2.64. The van der Waals surface area contributed by atoms with Crippen LogP contribution in [0.3, 0.4) is 0 Å². The number of anilines is 1. The van der Waals surface area contributed by atoms with Crippen LogP contribution in [0.1, 0.15) is 32.6 Å². The predicted octanol–water partition coefficient (Wildman–Crippen LogP) is 0.523. The minimum atomic E-state index is -0.745. The fraction of sp³-hybridized carbons (Fsp3) is 0.692. The van der Waals surface area contributed by atoms with Crippen molar-refractivity contribution in [1.29, 1.82) is 0 Å². The predicted molar refractivity (Wildman–Crippen MR) is 72.2 cm³/mol. The molecule has 2 rings (SSSR count). The van der Waals surface area contributed by atoms with E-state index in [1.54, 1.807) is 6.20 Å². The summed E-state index contributed by atoms with van der Waals surface area (Å²) in [6.07, 6.45) is 6.65. The van der Waals surface area contributed by atoms with E-state index in [9.17, 15) is 9.90 Å². The molecule has 0 bridgehead atoms. The van der Waals surface area contributed by atoms with Crippen molar-refractivity contribution >= 4 is 11.6 Å². The number of carbonyl (C=O) groups is 1. The topological polar surface area (TPSA) is 93.2 Å². The third-order valence-corrected chi connectivity index (χ3v) is 3.78. The Balaban J connectivity index is 1.77. The average molecular weight is 266 g/mol. The molecule has 1 aromatic heterocycles. The van der Waals surface area contributed by atoms with Crippen LogP contribution >= 0.6 is 0 Å². The molecule has 1 amide bonds. The summed E-state index contributed by atoms with van der Waals surface area (Å²) in [5, 5.41) is 17.1. The summed E-state index contributed by atoms with van der Waals surface area (Å²) in [5.74, 6) is 0.512. The Morgan fingerprint density at radius 1 is 1.63 bits per heavy atom. The van der Waals surface area contributed by atoms with Gasteiger partial charge in [-0.1, -0.05) is 6.92 Å². The van der Waals surface area contributed by atoms with E-state index in [2.05, 4.69) is 17.3 Å². The van der Waals surface area contributed by atoms with E-state index in [-0.39, 0.29) is 12.5 Å². The lowest BCUT2D eigenvalue weighted by molar-refractivity contribution is -0.123. The summed E-state index contributed by atoms with van der Waals surface area (Å²) in [4.78, 5) is 11.7. The van der Waals surface area contributed by atoms with Gasteiger partial charge < -0.3 is 16.2 Å². The number of hydrogen-bond donors (Lipinski definition) is 3. The summed E-state index contributed by atoms with van der Waals surface area (Å²) < 4.78 is 1.48. The van der Waals surface area contributed by atoms with Crippen LogP contribution in [0.2, 0.25) is 0 Å². The molecule has 0 aromatic carbocycles. The van der Waals surface area contributed by atoms with Crippen molar-refractivity contribution in [1.82, 2.24) is 15.1 Å². The first-order chi connectivity index (χ1) is 8.97. The number of nitrogens with two attached hydrogens (primary N) is 1. The SMILES string of the molecule is CC1CCC(O)(CNC(=O)Cn2cc(N)cn2)CC1. The van der Waals surface area contributed by atoms with Crippen molar-refractivity contribution < 1.29 is 9.90 Å². The third kappa shape index (κ3) is 3.96. The summed E-state index contributed by atoms with van der Waals surface area (Å²) >= 11 is 0. The Hall–Kier alpha value is -1.56. The molecule has 0 radical (unpaired) electrons. The van der Waals surface area contributed by atoms with Crippen molar-refractivity contribution in [2.45, 2.75) is 44.8 Å². The number of aliphatic hydroxyl groups is 1. The van der Waals surface area contributed by atoms with Crippen molar-refractivity contribution in [3.63, 3.8) is 0 Å². The van der Waals surface area contributed by atoms with Crippen LogP contribution in [0, 0.1) is 5.92 Å². The number of carbonyl (C=O) groups excluding carboxylic acids is 1. The molecule has 1 saturated carbocycles. The highest BCUT2D eigenvalue weighted by atomic mass is 16.3. The molecule has 1 aromatic rings. The highest BCUT2D eigenvalue weighted by Gasteiger charge is 2.31. The van der Waals surface area contributed by atoms with E-state index >= 15 is 0 Å². The largest absolute Gasteiger partial charge is 0.396 e. The maximum atomic E-state index is 11.7. The zero-order valence-corrected chi connectivity index (χ0v) is 11.3. The Bertz CT molecular complexity index is 436. The quantitative estimate of drug-likeness (QED) is 0.740. The Morgan fingerprint density at radius 2 is 2.32 bits per heavy atom. The number of nitrogens with one attached hydrogen (secondary N) is 1. The van der Waals surface area contributed by atoms with Crippen LogP contribution in [0.5, 0.6) is 0 Å². The Kier molecular flexibility index (Phi) is 4.09. The number of nitrogens with zero attached hydrogens (tertiary/aromatic N) is 2. The van der Waals surface area contributed by atoms with E-state index in [0.29, 0.717) is 18.2 Å². The summed E-state index contributed by atoms with van der Waals surface area (Å²) in [7, 11) is 0. The molecule has 0 spiro atoms. The van der Waals surface area contributed by atoms with E-state index in [1.807, 2.05) is 0 Å². The molecular formula is C13H22N4O2. The van der Waals surface area contributed by atoms with E-state index in [0.717, 1.165) is 25.7 Å². The van der Waals surface area contributed by atoms with Crippen molar-refractivity contribution in [2.75, 3.05) is 12.3 Å². The Morgan fingerprint density at radius 3 is 2.89 bits per heavy atom. The first-order valence-corrected chi connectivity index (χ1v) is 6.74. The van der Waals surface area contributed by atoms with Gasteiger partial charge >= 0.3 is 0 Å². The maximum absolute atomic E-state index is 11.7. The number of nitrogen functional groups attached to an aromatic ring is 1. The van der Waals surface area contributed by atoms with Gasteiger partial charge in [0.25, 0.3) is 0 Å². The average Bonchev–Trinajstić information content (AvgIpc) is 2.77. The van der Waals surface area contributed by atoms with Gasteiger partial charge in [-0.3, -0.25) is 9.48 Å². The van der Waals surface area contributed by atoms with Crippen LogP contribution in [-0.2, 0) is 11.3 Å². The molecule has 4 N–H and O–H groups in total. The number of aromatic nitrogens is 2. The van der Waals surface area contributed by atoms with Crippen LogP contribution < -0.4 is 11.1 Å². The second-order valence-corrected chi connectivity index (χ2v) is 5.65. The molecule has 106 valence electrons. The van der Waals surface area contributed by atoms with Crippen LogP contribution in [0.4, 0.5) is 5.69 Å². The number of amides is 1. The smallest absolute Gasteiger partial charge is 0.241 e. The third-order valence-electron chi connectivity index (χ3n) is 3.78. The van der Waals surface area contributed by atoms with Gasteiger partial charge in [0.1, 0.15) is 6.54 Å². The first-order valence-electron chi connectivity index (χ1n) is 6.74. The van der Waals surface area contributed by atoms with Gasteiger partial charge in [-0.25, -0.2) is 0 Å². The van der Waals surface area contributed by atoms with Gasteiger partial charge in [0.15, 0.2) is 0 Å². The molecule has 0 saturated heterocycles. The summed E-state index contributed by atoms with van der Waals surface area (Å²) in [5.41, 5.74) is 5.31. The minimum Gasteiger partial charge on any atom is -0.396 e. The van der Waals surface area contributed by atoms with Gasteiger partial charge in [0.2, 0.25) is 5.91 Å². The summed E-state index contributed by atoms with van der Waals surface area (Å²) in [6, 6.07) is 0. The molecule has 1 aliphatic rings. The normalized spacial score (nSPS) is 27.2. The molecule has 1 heterocycles. The zero-order valence-electron chi connectivity index (χ0n) is 11.3. The fourth-order valence-electron chi connectivity index (χ4n) is 2.41. The van der Waals surface area contributed by atoms with Crippen LogP contribution in [0.25, 0.3) is 0 Å². The van der Waals surface area contributed by atoms with Gasteiger partial charge in [-0.15, -0.1) is 0 Å². The van der Waals surface area contributed by atoms with Crippen LogP contribution in [-0.4, -0.2) is 32.9 Å². The van der Waals surface area contributed by atoms with E-state index in [1.165, 1.54) is 10.9 Å². The van der Waals surface area contributed by atoms with Gasteiger partial charge in [0, 0.05) is 12.7 Å². The van der Waals surface area contributed by atoms with Crippen molar-refractivity contribution in [3.8, 4) is 0 Å². The monoisotopic (exact) mass is 266 g/mol. The Labute approximate surface area is 113 Å². The van der Waals surface area contributed by atoms with Gasteiger partial charge in [-0.05, 0) is 31.6 Å². The van der Waals surface area contributed by atoms with Gasteiger partial charge in [-0.2, -0.15) is 5.10 Å². The lowest BCUT2D eigenvalue weighted by atomic mass is 9.79. The zero-order chi connectivity index (χ0) is 13.9. The molecule has 1 aliphatic carbocycles. The van der Waals surface area contributed by atoms with E-state index < -0.39 is 5.60 Å². The van der Waals surface area contributed by atoms with Crippen molar-refractivity contribution in [2.24, 2.45) is 5.92 Å². The lowest BCUT2D eigenvalue weighted by Gasteiger charge is -2.34. The van der Waals surface area contributed by atoms with Gasteiger partial charge in [0.05, 0.1) is 17.5 Å². The molecule has 6 nitrogen and oxygen atoms in total. The lowest BCUT2D eigenvalue weighted by Crippen LogP contribution is -2.45. The molecule has 19 heavy (non-hydrogen) atoms. The van der Waals surface area contributed by atoms with Crippen molar-refractivity contribution in [3.05, 3.63) is 12.4 Å². The second kappa shape index (κ2) is 5.61. The number of hydrogen-bond acceptors (Lipinski definition) is 4. The number of rotatable bonds is 4. The highest BCUT2D eigenvalue weighted by molar-refractivity contribution is 5.75. The standard InChI is InChI=1S/C13H22N4O2/c1-10-2-4-13(19,5-3-10)9-15-12(18)8-17-7-11(14)6-16-17/h6-7,10,19H,2-5,8-9,14H2,1H3,(H,15,18). The highest BCUT2D eigenvalue weighted by Crippen LogP contribution is 2.31. The van der Waals surface area contributed by atoms with E-state index in [4.69, 9.17) is 5.73 Å². The second-order valence-electron chi connectivity index (χ2n) is 5.65. The minimum absolute atomic E-state index is 0.129. The molecular weight excluding hydrogens is 244 g/mol. The molecule has 0 atom stereocenters. The molecule has 0 unspecified atom stereocenters. The first kappa shape index (κ1) is 13.9. The molecule has 6 heteroatoms. The molecule has 0 aliphatic heterocycles. The fourth-order valence-corrected chi connectivity index (χ4v) is 2.41. The maximum Gasteiger partial charge on any atom is 0.241 e. The molecule has 1 fully saturated rings.